The summed E-state index contributed by atoms with van der Waals surface area (Å²) in [5.74, 6) is -3.42. The summed E-state index contributed by atoms with van der Waals surface area (Å²) in [6.45, 7) is 3.92. The number of carbonyl (C=O) groups excluding carboxylic acids is 6. The highest BCUT2D eigenvalue weighted by Gasteiger charge is 2.27. The normalized spacial score (nSPS) is 12.6. The smallest absolute Gasteiger partial charge is 0.258 e. The number of Topliss-reactive ketones (excluding diaryl/α,β-unsaturated/α-hetero) is 2. The third kappa shape index (κ3) is 13.2. The second kappa shape index (κ2) is 22.4. The van der Waals surface area contributed by atoms with Crippen molar-refractivity contribution < 1.29 is 28.8 Å². The van der Waals surface area contributed by atoms with Crippen molar-refractivity contribution in [2.45, 2.75) is 50.0 Å². The Morgan fingerprint density at radius 1 is 0.556 bits per heavy atom. The first-order chi connectivity index (χ1) is 30.1. The third-order valence-corrected chi connectivity index (χ3v) is 10.4. The Labute approximate surface area is 386 Å². The van der Waals surface area contributed by atoms with E-state index in [0.29, 0.717) is 16.9 Å². The van der Waals surface area contributed by atoms with Crippen molar-refractivity contribution in [3.63, 3.8) is 0 Å². The van der Waals surface area contributed by atoms with Crippen molar-refractivity contribution in [1.29, 1.82) is 0 Å². The predicted molar refractivity (Wildman–Crippen MR) is 247 cm³/mol. The molecule has 19 heteroatoms. The van der Waals surface area contributed by atoms with Gasteiger partial charge in [0.2, 0.25) is 12.1 Å². The highest BCUT2D eigenvalue weighted by Crippen LogP contribution is 2.32. The highest BCUT2D eigenvalue weighted by atomic mass is 35.5. The largest absolute Gasteiger partial charge is 0.324 e. The number of ketones is 2. The second-order valence-electron chi connectivity index (χ2n) is 13.8. The monoisotopic (exact) mass is 948 g/mol. The van der Waals surface area contributed by atoms with Crippen molar-refractivity contribution in [2.24, 2.45) is 20.5 Å². The molecule has 324 valence electrons. The molecular weight excluding hydrogens is 914 g/mol. The molecule has 5 aromatic carbocycles. The second-order valence-corrected chi connectivity index (χ2v) is 15.8. The zero-order chi connectivity index (χ0) is 45.8. The zero-order valence-corrected chi connectivity index (χ0v) is 37.4. The van der Waals surface area contributed by atoms with Gasteiger partial charge in [-0.1, -0.05) is 47.5 Å². The summed E-state index contributed by atoms with van der Waals surface area (Å²) in [4.78, 5) is 78.1. The zero-order valence-electron chi connectivity index (χ0n) is 33.6. The van der Waals surface area contributed by atoms with Crippen LogP contribution in [0.15, 0.2) is 124 Å². The van der Waals surface area contributed by atoms with Crippen LogP contribution in [0, 0.1) is 0 Å². The van der Waals surface area contributed by atoms with Crippen LogP contribution in [0.2, 0.25) is 10.0 Å². The molecule has 4 N–H and O–H groups in total. The van der Waals surface area contributed by atoms with Gasteiger partial charge in [-0.3, -0.25) is 28.8 Å². The molecule has 0 bridgehead atoms. The van der Waals surface area contributed by atoms with Crippen molar-refractivity contribution in [1.82, 2.24) is 0 Å². The number of nitrogens with one attached hydrogen (secondary N) is 4. The van der Waals surface area contributed by atoms with Crippen LogP contribution in [0.4, 0.5) is 34.1 Å². The molecule has 14 nitrogen and oxygen atoms in total. The van der Waals surface area contributed by atoms with Crippen LogP contribution in [0.5, 0.6) is 0 Å². The van der Waals surface area contributed by atoms with Crippen molar-refractivity contribution >= 4 is 127 Å². The number of nitrogens with zero attached hydrogens (tertiary/aromatic N) is 4. The van der Waals surface area contributed by atoms with Gasteiger partial charge in [-0.05, 0) is 116 Å². The Balaban J connectivity index is 1.28. The van der Waals surface area contributed by atoms with E-state index in [1.165, 1.54) is 54.6 Å². The Kier molecular flexibility index (Phi) is 17.0. The summed E-state index contributed by atoms with van der Waals surface area (Å²) < 4.78 is 0. The molecule has 3 atom stereocenters. The lowest BCUT2D eigenvalue weighted by molar-refractivity contribution is -0.127. The summed E-state index contributed by atoms with van der Waals surface area (Å²) in [7, 11) is 0. The van der Waals surface area contributed by atoms with Crippen molar-refractivity contribution in [2.75, 3.05) is 21.3 Å². The van der Waals surface area contributed by atoms with Crippen LogP contribution in [-0.2, 0) is 30.9 Å². The molecule has 63 heavy (non-hydrogen) atoms. The molecule has 0 aliphatic heterocycles. The third-order valence-electron chi connectivity index (χ3n) is 8.93. The van der Waals surface area contributed by atoms with Gasteiger partial charge in [0.25, 0.3) is 23.6 Å². The van der Waals surface area contributed by atoms with Gasteiger partial charge in [-0.2, -0.15) is 20.5 Å². The van der Waals surface area contributed by atoms with E-state index in [9.17, 15) is 28.8 Å². The van der Waals surface area contributed by atoms with E-state index in [1.54, 1.807) is 43.3 Å². The number of benzene rings is 5. The predicted octanol–water partition coefficient (Wildman–Crippen LogP) is 11.6. The van der Waals surface area contributed by atoms with Crippen molar-refractivity contribution in [3.8, 4) is 0 Å². The lowest BCUT2D eigenvalue weighted by atomic mass is 10.1. The van der Waals surface area contributed by atoms with E-state index in [1.807, 2.05) is 12.1 Å². The summed E-state index contributed by atoms with van der Waals surface area (Å²) >= 11 is 31.0. The van der Waals surface area contributed by atoms with Gasteiger partial charge in [0.15, 0.2) is 11.6 Å². The van der Waals surface area contributed by atoms with E-state index in [0.717, 1.165) is 25.0 Å². The Morgan fingerprint density at radius 3 is 1.43 bits per heavy atom. The van der Waals surface area contributed by atoms with Gasteiger partial charge < -0.3 is 21.3 Å². The number of alkyl halides is 3. The number of azo groups is 2. The van der Waals surface area contributed by atoms with Gasteiger partial charge in [-0.15, -0.1) is 34.8 Å². The molecule has 0 fully saturated rings. The first kappa shape index (κ1) is 48.0. The number of halogens is 5. The molecule has 4 amide bonds. The summed E-state index contributed by atoms with van der Waals surface area (Å²) in [6, 6.07) is 23.6. The average molecular weight is 951 g/mol. The fraction of sp³-hybridized carbons (Fsp3) is 0.182. The molecule has 0 spiro atoms. The Bertz CT molecular complexity index is 2640. The maximum absolute atomic E-state index is 13.5. The van der Waals surface area contributed by atoms with Crippen LogP contribution >= 0.6 is 58.0 Å². The molecule has 5 aromatic rings. The minimum atomic E-state index is -1.63. The standard InChI is InChI=1S/C44H37Cl5N8O6/c1-23(47)33-20-32(52-43(62)39(24(2)58)56-54-37-18-28(10-13-34(37)48)41(60)50-30-8-4-6-26(16-30)21-45)12-15-36(33)53-44(63)40(25(3)59)57-55-38-19-29(11-14-35(38)49)42(61)51-31-9-5-7-27(17-31)22-46/h4-20,23,39-40H,21-22H2,1-3H3,(H,50,60)(H,51,61)(H,52,62)(H,53,63). The SMILES string of the molecule is CC(=O)C(N=Nc1cc(C(=O)Nc2cccc(CCl)c2)ccc1Cl)C(=O)Nc1ccc(NC(=O)C(N=Nc2cc(C(=O)Nc3cccc(CCl)c3)ccc2Cl)C(C)=O)c(C(C)Cl)c1. The number of amides is 4. The van der Waals surface area contributed by atoms with Gasteiger partial charge in [-0.25, -0.2) is 0 Å². The maximum atomic E-state index is 13.5. The average Bonchev–Trinajstić information content (AvgIpc) is 3.25. The van der Waals surface area contributed by atoms with Crippen LogP contribution in [0.25, 0.3) is 0 Å². The number of hydrogen-bond acceptors (Lipinski definition) is 10. The van der Waals surface area contributed by atoms with Crippen LogP contribution in [0.3, 0.4) is 0 Å². The fourth-order valence-electron chi connectivity index (χ4n) is 5.70. The summed E-state index contributed by atoms with van der Waals surface area (Å²) in [5.41, 5.74) is 3.79. The van der Waals surface area contributed by atoms with E-state index in [-0.39, 0.29) is 55.7 Å². The molecule has 5 rings (SSSR count). The topological polar surface area (TPSA) is 200 Å². The molecule has 0 aromatic heterocycles. The van der Waals surface area contributed by atoms with Gasteiger partial charge >= 0.3 is 0 Å². The molecule has 0 aliphatic carbocycles. The summed E-state index contributed by atoms with van der Waals surface area (Å²) in [5, 5.41) is 26.2. The Morgan fingerprint density at radius 2 is 1.00 bits per heavy atom. The number of anilines is 4. The van der Waals surface area contributed by atoms with Gasteiger partial charge in [0.1, 0.15) is 11.4 Å². The van der Waals surface area contributed by atoms with E-state index < -0.39 is 52.7 Å². The Hall–Kier alpha value is -6.03. The molecule has 0 heterocycles. The van der Waals surface area contributed by atoms with E-state index in [2.05, 4.69) is 41.7 Å². The highest BCUT2D eigenvalue weighted by molar-refractivity contribution is 6.33. The van der Waals surface area contributed by atoms with Gasteiger partial charge in [0, 0.05) is 45.6 Å². The molecule has 0 radical (unpaired) electrons. The van der Waals surface area contributed by atoms with Crippen LogP contribution in [0.1, 0.15) is 63.6 Å². The number of rotatable bonds is 17. The van der Waals surface area contributed by atoms with Crippen LogP contribution in [-0.4, -0.2) is 47.3 Å². The number of hydrogen-bond donors (Lipinski definition) is 4. The van der Waals surface area contributed by atoms with Gasteiger partial charge in [0.05, 0.1) is 15.4 Å². The fourth-order valence-corrected chi connectivity index (χ4v) is 6.53. The van der Waals surface area contributed by atoms with Crippen LogP contribution < -0.4 is 21.3 Å². The quantitative estimate of drug-likeness (QED) is 0.0406. The lowest BCUT2D eigenvalue weighted by Gasteiger charge is -2.17. The van der Waals surface area contributed by atoms with E-state index in [4.69, 9.17) is 58.0 Å². The first-order valence-corrected chi connectivity index (χ1v) is 21.1. The minimum Gasteiger partial charge on any atom is -0.324 e. The number of carbonyl (C=O) groups is 6. The molecule has 0 aliphatic rings. The minimum absolute atomic E-state index is 0.0288. The molecular formula is C44H37Cl5N8O6. The summed E-state index contributed by atoms with van der Waals surface area (Å²) in [6.07, 6.45) is 0. The molecule has 0 saturated heterocycles. The first-order valence-electron chi connectivity index (χ1n) is 18.8. The molecule has 3 unspecified atom stereocenters. The lowest BCUT2D eigenvalue weighted by Crippen LogP contribution is -2.32. The maximum Gasteiger partial charge on any atom is 0.258 e. The molecule has 0 saturated carbocycles. The van der Waals surface area contributed by atoms with Crippen molar-refractivity contribution in [3.05, 3.63) is 141 Å². The van der Waals surface area contributed by atoms with E-state index >= 15 is 0 Å².